The molecule has 1 atom stereocenters. The summed E-state index contributed by atoms with van der Waals surface area (Å²) in [4.78, 5) is 22.2. The largest absolute Gasteiger partial charge is 0.477 e. The maximum atomic E-state index is 10.9. The average Bonchev–Trinajstić information content (AvgIpc) is 2.03. The molecular weight excluding hydrogens is 192 g/mol. The molecule has 6 N–H and O–H groups in total. The summed E-state index contributed by atoms with van der Waals surface area (Å²) < 4.78 is 4.28. The highest BCUT2D eigenvalue weighted by Crippen LogP contribution is 1.88. The monoisotopic (exact) mass is 204 g/mol. The molecule has 0 rings (SSSR count). The number of ether oxygens (including phenoxy) is 1. The number of nitrogens with two attached hydrogens (primary N) is 2. The molecule has 0 amide bonds. The van der Waals surface area contributed by atoms with Gasteiger partial charge in [-0.3, -0.25) is 15.9 Å². The number of carboxylic acids is 1. The van der Waals surface area contributed by atoms with Gasteiger partial charge in [-0.15, -0.1) is 0 Å². The Labute approximate surface area is 79.9 Å². The first-order chi connectivity index (χ1) is 6.34. The van der Waals surface area contributed by atoms with E-state index in [4.69, 9.17) is 22.0 Å². The Balaban J connectivity index is 3.99. The molecular formula is C6H12N4O4. The minimum atomic E-state index is -1.69. The lowest BCUT2D eigenvalue weighted by molar-refractivity contribution is -0.163. The first-order valence-electron chi connectivity index (χ1n) is 3.57. The van der Waals surface area contributed by atoms with Crippen LogP contribution in [0.2, 0.25) is 0 Å². The Morgan fingerprint density at radius 3 is 2.50 bits per heavy atom. The van der Waals surface area contributed by atoms with Crippen LogP contribution in [0.4, 0.5) is 0 Å². The number of rotatable bonds is 4. The topological polar surface area (TPSA) is 143 Å². The maximum absolute atomic E-state index is 10.9. The lowest BCUT2D eigenvalue weighted by atomic mass is 10.5. The van der Waals surface area contributed by atoms with E-state index in [1.54, 1.807) is 0 Å². The normalized spacial score (nSPS) is 11.6. The molecule has 0 radical (unpaired) electrons. The third kappa shape index (κ3) is 4.26. The lowest BCUT2D eigenvalue weighted by Crippen LogP contribution is -2.41. The van der Waals surface area contributed by atoms with Gasteiger partial charge in [-0.1, -0.05) is 0 Å². The molecule has 0 heterocycles. The predicted octanol–water partition coefficient (Wildman–Crippen LogP) is -2.28. The Morgan fingerprint density at radius 2 is 2.14 bits per heavy atom. The molecule has 0 aliphatic carbocycles. The smallest absolute Gasteiger partial charge is 0.360 e. The summed E-state index contributed by atoms with van der Waals surface area (Å²) in [5.41, 5.74) is 9.95. The van der Waals surface area contributed by atoms with Gasteiger partial charge in [0.1, 0.15) is 6.54 Å². The SMILES string of the molecule is CN(CC(=O)OC(N)C(=O)O)C(=N)N. The van der Waals surface area contributed by atoms with Gasteiger partial charge in [0.25, 0.3) is 0 Å². The minimum absolute atomic E-state index is 0.323. The summed E-state index contributed by atoms with van der Waals surface area (Å²) >= 11 is 0. The second-order valence-electron chi connectivity index (χ2n) is 2.49. The number of carbonyl (C=O) groups excluding carboxylic acids is 1. The van der Waals surface area contributed by atoms with E-state index >= 15 is 0 Å². The van der Waals surface area contributed by atoms with E-state index < -0.39 is 18.2 Å². The summed E-state index contributed by atoms with van der Waals surface area (Å²) in [7, 11) is 1.38. The van der Waals surface area contributed by atoms with Crippen LogP contribution in [-0.2, 0) is 14.3 Å². The molecule has 0 bridgehead atoms. The van der Waals surface area contributed by atoms with Gasteiger partial charge in [-0.05, 0) is 0 Å². The van der Waals surface area contributed by atoms with Crippen LogP contribution in [0.25, 0.3) is 0 Å². The number of hydrogen-bond acceptors (Lipinski definition) is 5. The molecule has 0 fully saturated rings. The van der Waals surface area contributed by atoms with Crippen molar-refractivity contribution >= 4 is 17.9 Å². The second kappa shape index (κ2) is 5.02. The highest BCUT2D eigenvalue weighted by molar-refractivity contribution is 5.82. The van der Waals surface area contributed by atoms with Crippen molar-refractivity contribution in [3.8, 4) is 0 Å². The Kier molecular flexibility index (Phi) is 4.36. The van der Waals surface area contributed by atoms with Gasteiger partial charge >= 0.3 is 11.9 Å². The predicted molar refractivity (Wildman–Crippen MR) is 46.2 cm³/mol. The molecule has 0 aliphatic rings. The van der Waals surface area contributed by atoms with Crippen LogP contribution in [0.15, 0.2) is 0 Å². The molecule has 0 spiro atoms. The summed E-state index contributed by atoms with van der Waals surface area (Å²) in [6.07, 6.45) is -1.69. The number of esters is 1. The van der Waals surface area contributed by atoms with Crippen molar-refractivity contribution < 1.29 is 19.4 Å². The summed E-state index contributed by atoms with van der Waals surface area (Å²) in [5, 5.41) is 15.2. The van der Waals surface area contributed by atoms with Crippen molar-refractivity contribution in [2.24, 2.45) is 11.5 Å². The fourth-order valence-electron chi connectivity index (χ4n) is 0.508. The molecule has 14 heavy (non-hydrogen) atoms. The van der Waals surface area contributed by atoms with Gasteiger partial charge < -0.3 is 20.5 Å². The van der Waals surface area contributed by atoms with E-state index in [-0.39, 0.29) is 12.5 Å². The highest BCUT2D eigenvalue weighted by Gasteiger charge is 2.18. The Morgan fingerprint density at radius 1 is 1.64 bits per heavy atom. The number of guanidine groups is 1. The Bertz CT molecular complexity index is 230. The summed E-state index contributed by atoms with van der Waals surface area (Å²) in [5.74, 6) is -2.63. The van der Waals surface area contributed by atoms with Gasteiger partial charge in [-0.25, -0.2) is 4.79 Å². The van der Waals surface area contributed by atoms with Gasteiger partial charge in [0.2, 0.25) is 6.23 Å². The van der Waals surface area contributed by atoms with Crippen LogP contribution >= 0.6 is 0 Å². The molecule has 0 aromatic carbocycles. The zero-order valence-electron chi connectivity index (χ0n) is 7.56. The third-order valence-corrected chi connectivity index (χ3v) is 1.28. The van der Waals surface area contributed by atoms with Crippen LogP contribution < -0.4 is 11.5 Å². The molecule has 8 nitrogen and oxygen atoms in total. The van der Waals surface area contributed by atoms with Crippen molar-refractivity contribution in [2.45, 2.75) is 6.23 Å². The van der Waals surface area contributed by atoms with Crippen molar-refractivity contribution in [3.63, 3.8) is 0 Å². The zero-order chi connectivity index (χ0) is 11.3. The number of hydrogen-bond donors (Lipinski definition) is 4. The fraction of sp³-hybridized carbons (Fsp3) is 0.500. The van der Waals surface area contributed by atoms with Gasteiger partial charge in [0, 0.05) is 7.05 Å². The van der Waals surface area contributed by atoms with Gasteiger partial charge in [-0.2, -0.15) is 0 Å². The molecule has 8 heteroatoms. The van der Waals surface area contributed by atoms with Crippen molar-refractivity contribution in [1.29, 1.82) is 5.41 Å². The Hall–Kier alpha value is -1.83. The number of nitrogens with zero attached hydrogens (tertiary/aromatic N) is 1. The van der Waals surface area contributed by atoms with Crippen LogP contribution in [-0.4, -0.2) is 47.7 Å². The van der Waals surface area contributed by atoms with Crippen LogP contribution in [0.3, 0.4) is 0 Å². The number of aliphatic carboxylic acids is 1. The third-order valence-electron chi connectivity index (χ3n) is 1.28. The number of carbonyl (C=O) groups is 2. The van der Waals surface area contributed by atoms with Crippen molar-refractivity contribution in [2.75, 3.05) is 13.6 Å². The van der Waals surface area contributed by atoms with E-state index in [0.717, 1.165) is 4.90 Å². The van der Waals surface area contributed by atoms with E-state index in [1.807, 2.05) is 0 Å². The minimum Gasteiger partial charge on any atom is -0.477 e. The highest BCUT2D eigenvalue weighted by atomic mass is 16.6. The van der Waals surface area contributed by atoms with Crippen LogP contribution in [0.1, 0.15) is 0 Å². The average molecular weight is 204 g/mol. The van der Waals surface area contributed by atoms with E-state index in [9.17, 15) is 9.59 Å². The van der Waals surface area contributed by atoms with Crippen LogP contribution in [0, 0.1) is 5.41 Å². The van der Waals surface area contributed by atoms with Gasteiger partial charge in [0.05, 0.1) is 0 Å². The number of nitrogens with one attached hydrogen (secondary N) is 1. The molecule has 0 saturated carbocycles. The van der Waals surface area contributed by atoms with E-state index in [2.05, 4.69) is 4.74 Å². The first kappa shape index (κ1) is 12.2. The molecule has 0 aromatic rings. The van der Waals surface area contributed by atoms with Crippen molar-refractivity contribution in [1.82, 2.24) is 4.90 Å². The standard InChI is InChI=1S/C6H12N4O4/c1-10(6(8)9)2-3(11)14-4(7)5(12)13/h4H,2,7H2,1H3,(H3,8,9)(H,12,13). The molecule has 0 aliphatic heterocycles. The summed E-state index contributed by atoms with van der Waals surface area (Å²) in [6.45, 7) is -0.323. The molecule has 0 saturated heterocycles. The summed E-state index contributed by atoms with van der Waals surface area (Å²) in [6, 6.07) is 0. The van der Waals surface area contributed by atoms with E-state index in [1.165, 1.54) is 7.05 Å². The van der Waals surface area contributed by atoms with Crippen molar-refractivity contribution in [3.05, 3.63) is 0 Å². The maximum Gasteiger partial charge on any atom is 0.360 e. The molecule has 1 unspecified atom stereocenters. The molecule has 0 aromatic heterocycles. The van der Waals surface area contributed by atoms with E-state index in [0.29, 0.717) is 0 Å². The molecule has 80 valence electrons. The van der Waals surface area contributed by atoms with Gasteiger partial charge in [0.15, 0.2) is 5.96 Å². The zero-order valence-corrected chi connectivity index (χ0v) is 7.56. The van der Waals surface area contributed by atoms with Crippen LogP contribution in [0.5, 0.6) is 0 Å². The number of likely N-dealkylation sites (N-methyl/N-ethyl adjacent to an activating group) is 1. The number of carboxylic acid groups (broad SMARTS) is 1. The quantitative estimate of drug-likeness (QED) is 0.175. The second-order valence-corrected chi connectivity index (χ2v) is 2.49. The first-order valence-corrected chi connectivity index (χ1v) is 3.57. The fourth-order valence-corrected chi connectivity index (χ4v) is 0.508. The lowest BCUT2D eigenvalue weighted by Gasteiger charge is -2.16.